The lowest BCUT2D eigenvalue weighted by molar-refractivity contribution is 0.570. The Balaban J connectivity index is 2.21. The highest BCUT2D eigenvalue weighted by molar-refractivity contribution is 6.32. The lowest BCUT2D eigenvalue weighted by Gasteiger charge is -2.29. The first-order valence-corrected chi connectivity index (χ1v) is 6.17. The number of benzene rings is 1. The second-order valence-corrected chi connectivity index (χ2v) is 4.93. The molecule has 3 nitrogen and oxygen atoms in total. The van der Waals surface area contributed by atoms with Crippen LogP contribution in [0.15, 0.2) is 18.2 Å². The molecular weight excluding hydrogens is 234 g/mol. The minimum Gasteiger partial charge on any atom is -0.370 e. The zero-order valence-corrected chi connectivity index (χ0v) is 10.6. The van der Waals surface area contributed by atoms with Crippen LogP contribution in [0.4, 0.5) is 5.69 Å². The molecule has 1 aliphatic carbocycles. The molecule has 0 aliphatic heterocycles. The van der Waals surface area contributed by atoms with Gasteiger partial charge in [0.1, 0.15) is 6.07 Å². The van der Waals surface area contributed by atoms with E-state index in [1.54, 1.807) is 6.07 Å². The van der Waals surface area contributed by atoms with E-state index in [9.17, 15) is 0 Å². The molecule has 1 aromatic carbocycles. The Morgan fingerprint density at radius 2 is 2.29 bits per heavy atom. The van der Waals surface area contributed by atoms with Crippen molar-refractivity contribution in [2.45, 2.75) is 18.9 Å². The molecule has 1 fully saturated rings. The summed E-state index contributed by atoms with van der Waals surface area (Å²) in [6.07, 6.45) is 2.52. The Bertz CT molecular complexity index is 448. The zero-order chi connectivity index (χ0) is 12.4. The molecule has 1 aromatic rings. The van der Waals surface area contributed by atoms with Gasteiger partial charge < -0.3 is 10.6 Å². The number of halogens is 1. The fraction of sp³-hybridized carbons (Fsp3) is 0.462. The van der Waals surface area contributed by atoms with Gasteiger partial charge in [-0.15, -0.1) is 0 Å². The van der Waals surface area contributed by atoms with Crippen LogP contribution in [-0.2, 0) is 0 Å². The highest BCUT2D eigenvalue weighted by Gasteiger charge is 2.33. The van der Waals surface area contributed by atoms with Crippen molar-refractivity contribution in [3.63, 3.8) is 0 Å². The Morgan fingerprint density at radius 1 is 1.59 bits per heavy atom. The molecule has 1 atom stereocenters. The van der Waals surface area contributed by atoms with E-state index in [1.807, 2.05) is 19.2 Å². The average Bonchev–Trinajstić information content (AvgIpc) is 3.14. The van der Waals surface area contributed by atoms with Gasteiger partial charge >= 0.3 is 0 Å². The van der Waals surface area contributed by atoms with Crippen LogP contribution >= 0.6 is 11.6 Å². The number of nitriles is 1. The van der Waals surface area contributed by atoms with E-state index in [0.717, 1.165) is 5.69 Å². The molecule has 0 spiro atoms. The molecule has 0 aromatic heterocycles. The average molecular weight is 250 g/mol. The third-order valence-electron chi connectivity index (χ3n) is 3.39. The smallest absolute Gasteiger partial charge is 0.101 e. The minimum absolute atomic E-state index is 0.374. The minimum atomic E-state index is 0.374. The van der Waals surface area contributed by atoms with E-state index in [1.165, 1.54) is 12.8 Å². The molecule has 4 heteroatoms. The van der Waals surface area contributed by atoms with E-state index in [4.69, 9.17) is 22.6 Å². The van der Waals surface area contributed by atoms with E-state index in [2.05, 4.69) is 11.0 Å². The van der Waals surface area contributed by atoms with Crippen LogP contribution in [0.1, 0.15) is 18.4 Å². The first-order valence-electron chi connectivity index (χ1n) is 5.80. The van der Waals surface area contributed by atoms with Gasteiger partial charge in [-0.25, -0.2) is 0 Å². The lowest BCUT2D eigenvalue weighted by atomic mass is 10.1. The Hall–Kier alpha value is -1.24. The van der Waals surface area contributed by atoms with Crippen molar-refractivity contribution in [2.75, 3.05) is 18.5 Å². The summed E-state index contributed by atoms with van der Waals surface area (Å²) in [6, 6.07) is 7.96. The van der Waals surface area contributed by atoms with Crippen molar-refractivity contribution >= 4 is 17.3 Å². The van der Waals surface area contributed by atoms with Gasteiger partial charge in [-0.1, -0.05) is 11.6 Å². The summed E-state index contributed by atoms with van der Waals surface area (Å²) < 4.78 is 0. The quantitative estimate of drug-likeness (QED) is 0.892. The highest BCUT2D eigenvalue weighted by atomic mass is 35.5. The molecule has 0 saturated heterocycles. The van der Waals surface area contributed by atoms with Crippen LogP contribution in [0.3, 0.4) is 0 Å². The van der Waals surface area contributed by atoms with Crippen molar-refractivity contribution in [3.8, 4) is 6.07 Å². The van der Waals surface area contributed by atoms with Crippen LogP contribution < -0.4 is 10.6 Å². The topological polar surface area (TPSA) is 53.0 Å². The van der Waals surface area contributed by atoms with E-state index >= 15 is 0 Å². The third kappa shape index (κ3) is 2.54. The van der Waals surface area contributed by atoms with Gasteiger partial charge in [0.05, 0.1) is 10.6 Å². The molecule has 0 heterocycles. The Kier molecular flexibility index (Phi) is 3.56. The van der Waals surface area contributed by atoms with Gasteiger partial charge in [0.2, 0.25) is 0 Å². The summed E-state index contributed by atoms with van der Waals surface area (Å²) >= 11 is 6.04. The molecule has 17 heavy (non-hydrogen) atoms. The van der Waals surface area contributed by atoms with Crippen molar-refractivity contribution in [2.24, 2.45) is 11.7 Å². The fourth-order valence-corrected chi connectivity index (χ4v) is 2.37. The van der Waals surface area contributed by atoms with Crippen LogP contribution in [0, 0.1) is 17.2 Å². The van der Waals surface area contributed by atoms with Gasteiger partial charge in [0, 0.05) is 25.3 Å². The van der Waals surface area contributed by atoms with Crippen LogP contribution in [0.2, 0.25) is 5.02 Å². The maximum absolute atomic E-state index is 8.83. The maximum Gasteiger partial charge on any atom is 0.101 e. The van der Waals surface area contributed by atoms with E-state index in [-0.39, 0.29) is 0 Å². The van der Waals surface area contributed by atoms with Gasteiger partial charge in [-0.05, 0) is 37.0 Å². The summed E-state index contributed by atoms with van der Waals surface area (Å²) in [7, 11) is 2.04. The molecule has 0 amide bonds. The number of nitrogens with two attached hydrogens (primary N) is 1. The second-order valence-electron chi connectivity index (χ2n) is 4.53. The predicted molar refractivity (Wildman–Crippen MR) is 70.1 cm³/mol. The molecule has 0 radical (unpaired) electrons. The summed E-state index contributed by atoms with van der Waals surface area (Å²) in [6.45, 7) is 0.652. The van der Waals surface area contributed by atoms with Crippen LogP contribution in [0.25, 0.3) is 0 Å². The number of rotatable bonds is 4. The number of hydrogen-bond acceptors (Lipinski definition) is 3. The molecule has 0 bridgehead atoms. The number of likely N-dealkylation sites (N-methyl/N-ethyl adjacent to an activating group) is 1. The normalized spacial score (nSPS) is 16.4. The highest BCUT2D eigenvalue weighted by Crippen LogP contribution is 2.36. The number of anilines is 1. The maximum atomic E-state index is 8.83. The van der Waals surface area contributed by atoms with E-state index < -0.39 is 0 Å². The van der Waals surface area contributed by atoms with Crippen molar-refractivity contribution < 1.29 is 0 Å². The summed E-state index contributed by atoms with van der Waals surface area (Å²) in [5.41, 5.74) is 7.36. The van der Waals surface area contributed by atoms with Crippen molar-refractivity contribution in [1.29, 1.82) is 5.26 Å². The summed E-state index contributed by atoms with van der Waals surface area (Å²) in [5.74, 6) is 0.708. The molecule has 2 N–H and O–H groups in total. The monoisotopic (exact) mass is 249 g/mol. The summed E-state index contributed by atoms with van der Waals surface area (Å²) in [4.78, 5) is 2.17. The zero-order valence-electron chi connectivity index (χ0n) is 9.86. The Labute approximate surface area is 107 Å². The number of hydrogen-bond donors (Lipinski definition) is 1. The number of nitrogens with zero attached hydrogens (tertiary/aromatic N) is 2. The molecule has 1 saturated carbocycles. The van der Waals surface area contributed by atoms with Crippen LogP contribution in [0.5, 0.6) is 0 Å². The van der Waals surface area contributed by atoms with Crippen molar-refractivity contribution in [3.05, 3.63) is 28.8 Å². The molecule has 90 valence electrons. The largest absolute Gasteiger partial charge is 0.370 e. The molecule has 1 unspecified atom stereocenters. The van der Waals surface area contributed by atoms with Gasteiger partial charge in [0.15, 0.2) is 0 Å². The van der Waals surface area contributed by atoms with Gasteiger partial charge in [-0.3, -0.25) is 0 Å². The third-order valence-corrected chi connectivity index (χ3v) is 3.70. The molecule has 1 aliphatic rings. The SMILES string of the molecule is CN(c1ccc(C#N)c(Cl)c1)C(CN)C1CC1. The van der Waals surface area contributed by atoms with Gasteiger partial charge in [-0.2, -0.15) is 5.26 Å². The Morgan fingerprint density at radius 3 is 2.76 bits per heavy atom. The standard InChI is InChI=1S/C13H16ClN3/c1-17(13(8-16)9-2-3-9)11-5-4-10(7-15)12(14)6-11/h4-6,9,13H,2-3,8,16H2,1H3. The second kappa shape index (κ2) is 4.95. The first kappa shape index (κ1) is 12.2. The van der Waals surface area contributed by atoms with E-state index in [0.29, 0.717) is 29.1 Å². The lowest BCUT2D eigenvalue weighted by Crippen LogP contribution is -2.39. The summed E-state index contributed by atoms with van der Waals surface area (Å²) in [5, 5.41) is 9.34. The molecular formula is C13H16ClN3. The first-order chi connectivity index (χ1) is 8.17. The van der Waals surface area contributed by atoms with Crippen molar-refractivity contribution in [1.82, 2.24) is 0 Å². The van der Waals surface area contributed by atoms with Gasteiger partial charge in [0.25, 0.3) is 0 Å². The fourth-order valence-electron chi connectivity index (χ4n) is 2.15. The van der Waals surface area contributed by atoms with Crippen LogP contribution in [-0.4, -0.2) is 19.6 Å². The predicted octanol–water partition coefficient (Wildman–Crippen LogP) is 2.39. The molecule has 2 rings (SSSR count).